The van der Waals surface area contributed by atoms with E-state index in [2.05, 4.69) is 10.3 Å². The molecule has 0 bridgehead atoms. The molecule has 2 aromatic heterocycles. The van der Waals surface area contributed by atoms with Crippen molar-refractivity contribution in [1.29, 1.82) is 0 Å². The van der Waals surface area contributed by atoms with Crippen LogP contribution < -0.4 is 5.32 Å². The second-order valence-corrected chi connectivity index (χ2v) is 4.78. The van der Waals surface area contributed by atoms with Gasteiger partial charge in [0.15, 0.2) is 0 Å². The lowest BCUT2D eigenvalue weighted by Gasteiger charge is -2.01. The van der Waals surface area contributed by atoms with Gasteiger partial charge in [0.1, 0.15) is 5.76 Å². The molecule has 5 heteroatoms. The van der Waals surface area contributed by atoms with Crippen LogP contribution in [0.2, 0.25) is 0 Å². The normalized spacial score (nSPS) is 10.5. The number of thiophene rings is 1. The van der Waals surface area contributed by atoms with E-state index < -0.39 is 0 Å². The van der Waals surface area contributed by atoms with Gasteiger partial charge in [0.2, 0.25) is 5.89 Å². The molecule has 0 aliphatic heterocycles. The van der Waals surface area contributed by atoms with Gasteiger partial charge in [0, 0.05) is 0 Å². The fraction of sp³-hybridized carbons (Fsp3) is 0.333. The Morgan fingerprint density at radius 3 is 2.76 bits per heavy atom. The van der Waals surface area contributed by atoms with Crippen LogP contribution in [0.1, 0.15) is 32.6 Å². The molecule has 4 nitrogen and oxygen atoms in total. The van der Waals surface area contributed by atoms with Crippen LogP contribution in [-0.4, -0.2) is 10.9 Å². The van der Waals surface area contributed by atoms with Gasteiger partial charge in [0.25, 0.3) is 5.91 Å². The lowest BCUT2D eigenvalue weighted by Crippen LogP contribution is -2.22. The van der Waals surface area contributed by atoms with Crippen molar-refractivity contribution < 1.29 is 9.21 Å². The highest BCUT2D eigenvalue weighted by Crippen LogP contribution is 2.15. The monoisotopic (exact) mass is 250 g/mol. The molecule has 0 fully saturated rings. The average Bonchev–Trinajstić information content (AvgIpc) is 2.83. The number of aryl methyl sites for hydroxylation is 3. The van der Waals surface area contributed by atoms with Crippen LogP contribution in [0.5, 0.6) is 0 Å². The number of carbonyl (C=O) groups is 1. The first-order valence-electron chi connectivity index (χ1n) is 5.33. The maximum absolute atomic E-state index is 11.8. The summed E-state index contributed by atoms with van der Waals surface area (Å²) in [5, 5.41) is 4.70. The van der Waals surface area contributed by atoms with E-state index in [0.29, 0.717) is 12.4 Å². The molecule has 0 aliphatic rings. The second-order valence-electron chi connectivity index (χ2n) is 3.86. The van der Waals surface area contributed by atoms with Gasteiger partial charge in [0.05, 0.1) is 17.1 Å². The Labute approximate surface area is 104 Å². The summed E-state index contributed by atoms with van der Waals surface area (Å²) in [6, 6.07) is 1.93. The SMILES string of the molecule is Cc1ccsc1C(=O)NCc1nc(C)c(C)o1. The van der Waals surface area contributed by atoms with E-state index in [9.17, 15) is 4.79 Å². The highest BCUT2D eigenvalue weighted by atomic mass is 32.1. The topological polar surface area (TPSA) is 55.1 Å². The summed E-state index contributed by atoms with van der Waals surface area (Å²) in [6.07, 6.45) is 0. The first kappa shape index (κ1) is 11.9. The quantitative estimate of drug-likeness (QED) is 0.911. The molecule has 2 heterocycles. The van der Waals surface area contributed by atoms with Crippen molar-refractivity contribution in [2.45, 2.75) is 27.3 Å². The van der Waals surface area contributed by atoms with Crippen LogP contribution in [0.3, 0.4) is 0 Å². The van der Waals surface area contributed by atoms with Gasteiger partial charge >= 0.3 is 0 Å². The Kier molecular flexibility index (Phi) is 3.28. The van der Waals surface area contributed by atoms with Crippen LogP contribution >= 0.6 is 11.3 Å². The molecule has 0 spiro atoms. The molecule has 0 aliphatic carbocycles. The number of carbonyl (C=O) groups excluding carboxylic acids is 1. The number of nitrogens with one attached hydrogen (secondary N) is 1. The summed E-state index contributed by atoms with van der Waals surface area (Å²) in [4.78, 5) is 16.8. The second kappa shape index (κ2) is 4.71. The highest BCUT2D eigenvalue weighted by molar-refractivity contribution is 7.12. The van der Waals surface area contributed by atoms with Gasteiger partial charge in [-0.1, -0.05) is 0 Å². The van der Waals surface area contributed by atoms with Crippen molar-refractivity contribution in [2.75, 3.05) is 0 Å². The number of aromatic nitrogens is 1. The summed E-state index contributed by atoms with van der Waals surface area (Å²) >= 11 is 1.44. The van der Waals surface area contributed by atoms with Gasteiger partial charge in [-0.15, -0.1) is 11.3 Å². The lowest BCUT2D eigenvalue weighted by atomic mass is 10.3. The fourth-order valence-electron chi connectivity index (χ4n) is 1.46. The van der Waals surface area contributed by atoms with Gasteiger partial charge in [-0.25, -0.2) is 4.98 Å². The molecule has 17 heavy (non-hydrogen) atoms. The van der Waals surface area contributed by atoms with E-state index in [1.54, 1.807) is 0 Å². The van der Waals surface area contributed by atoms with Crippen LogP contribution in [0.25, 0.3) is 0 Å². The predicted octanol–water partition coefficient (Wildman–Crippen LogP) is 2.59. The number of nitrogens with zero attached hydrogens (tertiary/aromatic N) is 1. The first-order valence-corrected chi connectivity index (χ1v) is 6.21. The van der Waals surface area contributed by atoms with E-state index in [1.165, 1.54) is 11.3 Å². The molecule has 1 N–H and O–H groups in total. The summed E-state index contributed by atoms with van der Waals surface area (Å²) in [7, 11) is 0. The van der Waals surface area contributed by atoms with Crippen molar-refractivity contribution in [3.63, 3.8) is 0 Å². The molecule has 2 aromatic rings. The maximum Gasteiger partial charge on any atom is 0.262 e. The molecule has 0 saturated heterocycles. The van der Waals surface area contributed by atoms with Crippen LogP contribution in [0, 0.1) is 20.8 Å². The Morgan fingerprint density at radius 2 is 2.24 bits per heavy atom. The highest BCUT2D eigenvalue weighted by Gasteiger charge is 2.12. The minimum Gasteiger partial charge on any atom is -0.444 e. The number of rotatable bonds is 3. The van der Waals surface area contributed by atoms with E-state index >= 15 is 0 Å². The van der Waals surface area contributed by atoms with Crippen molar-refractivity contribution >= 4 is 17.2 Å². The smallest absolute Gasteiger partial charge is 0.262 e. The van der Waals surface area contributed by atoms with Gasteiger partial charge in [-0.2, -0.15) is 0 Å². The number of hydrogen-bond acceptors (Lipinski definition) is 4. The minimum atomic E-state index is -0.0778. The summed E-state index contributed by atoms with van der Waals surface area (Å²) in [5.74, 6) is 1.26. The zero-order chi connectivity index (χ0) is 12.4. The summed E-state index contributed by atoms with van der Waals surface area (Å²) in [6.45, 7) is 5.99. The molecule has 0 unspecified atom stereocenters. The molecule has 0 saturated carbocycles. The van der Waals surface area contributed by atoms with Crippen molar-refractivity contribution in [1.82, 2.24) is 10.3 Å². The van der Waals surface area contributed by atoms with Crippen molar-refractivity contribution in [3.05, 3.63) is 39.2 Å². The van der Waals surface area contributed by atoms with Gasteiger partial charge < -0.3 is 9.73 Å². The van der Waals surface area contributed by atoms with Crippen LogP contribution in [0.4, 0.5) is 0 Å². The lowest BCUT2D eigenvalue weighted by molar-refractivity contribution is 0.0950. The number of hydrogen-bond donors (Lipinski definition) is 1. The van der Waals surface area contributed by atoms with Crippen molar-refractivity contribution in [3.8, 4) is 0 Å². The Balaban J connectivity index is 1.99. The van der Waals surface area contributed by atoms with Crippen LogP contribution in [0.15, 0.2) is 15.9 Å². The Hall–Kier alpha value is -1.62. The zero-order valence-corrected chi connectivity index (χ0v) is 10.9. The van der Waals surface area contributed by atoms with E-state index in [4.69, 9.17) is 4.42 Å². The van der Waals surface area contributed by atoms with Crippen molar-refractivity contribution in [2.24, 2.45) is 0 Å². The number of amides is 1. The van der Waals surface area contributed by atoms with Gasteiger partial charge in [-0.3, -0.25) is 4.79 Å². The third kappa shape index (κ3) is 2.55. The maximum atomic E-state index is 11.8. The largest absolute Gasteiger partial charge is 0.444 e. The summed E-state index contributed by atoms with van der Waals surface area (Å²) in [5.41, 5.74) is 1.86. The summed E-state index contributed by atoms with van der Waals surface area (Å²) < 4.78 is 5.39. The Morgan fingerprint density at radius 1 is 1.47 bits per heavy atom. The molecule has 0 aromatic carbocycles. The van der Waals surface area contributed by atoms with E-state index in [1.807, 2.05) is 32.2 Å². The predicted molar refractivity (Wildman–Crippen MR) is 66.2 cm³/mol. The van der Waals surface area contributed by atoms with E-state index in [0.717, 1.165) is 21.9 Å². The third-order valence-corrected chi connectivity index (χ3v) is 3.56. The number of oxazole rings is 1. The van der Waals surface area contributed by atoms with Crippen LogP contribution in [-0.2, 0) is 6.54 Å². The Bertz CT molecular complexity index is 523. The molecule has 0 atom stereocenters. The van der Waals surface area contributed by atoms with Gasteiger partial charge in [-0.05, 0) is 37.8 Å². The first-order chi connectivity index (χ1) is 8.08. The van der Waals surface area contributed by atoms with E-state index in [-0.39, 0.29) is 5.91 Å². The third-order valence-electron chi connectivity index (χ3n) is 2.54. The molecule has 2 rings (SSSR count). The zero-order valence-electron chi connectivity index (χ0n) is 10.0. The standard InChI is InChI=1S/C12H14N2O2S/c1-7-4-5-17-11(7)12(15)13-6-10-14-8(2)9(3)16-10/h4-5H,6H2,1-3H3,(H,13,15). The molecule has 1 amide bonds. The average molecular weight is 250 g/mol. The molecular weight excluding hydrogens is 236 g/mol. The molecular formula is C12H14N2O2S. The molecule has 90 valence electrons. The fourth-order valence-corrected chi connectivity index (χ4v) is 2.30. The minimum absolute atomic E-state index is 0.0778. The molecule has 0 radical (unpaired) electrons.